The third-order valence-corrected chi connectivity index (χ3v) is 4.63. The zero-order chi connectivity index (χ0) is 14.8. The van der Waals surface area contributed by atoms with Gasteiger partial charge in [-0.05, 0) is 32.0 Å². The normalized spacial score (nSPS) is 17.1. The molecule has 1 aromatic rings. The van der Waals surface area contributed by atoms with Gasteiger partial charge in [0.15, 0.2) is 0 Å². The van der Waals surface area contributed by atoms with E-state index in [1.54, 1.807) is 0 Å². The molecular weight excluding hydrogens is 289 g/mol. The first-order valence-electron chi connectivity index (χ1n) is 6.07. The van der Waals surface area contributed by atoms with Crippen LogP contribution in [-0.2, 0) is 10.0 Å². The van der Waals surface area contributed by atoms with Crippen LogP contribution in [0.3, 0.4) is 0 Å². The highest BCUT2D eigenvalue weighted by atomic mass is 32.2. The molecule has 0 bridgehead atoms. The van der Waals surface area contributed by atoms with Crippen molar-refractivity contribution in [2.45, 2.75) is 23.8 Å². The minimum atomic E-state index is -4.01. The fourth-order valence-corrected chi connectivity index (χ4v) is 3.41. The molecule has 1 fully saturated rings. The number of rotatable bonds is 4. The highest BCUT2D eigenvalue weighted by Crippen LogP contribution is 2.21. The minimum Gasteiger partial charge on any atom is -0.317 e. The maximum absolute atomic E-state index is 13.7. The van der Waals surface area contributed by atoms with Gasteiger partial charge < -0.3 is 5.32 Å². The van der Waals surface area contributed by atoms with Crippen molar-refractivity contribution in [2.75, 3.05) is 13.1 Å². The van der Waals surface area contributed by atoms with Gasteiger partial charge in [-0.1, -0.05) is 0 Å². The number of non-ortho nitro benzene ring substituents is 1. The molecule has 0 atom stereocenters. The molecule has 0 spiro atoms. The topological polar surface area (TPSA) is 101 Å². The Balaban J connectivity index is 2.22. The fourth-order valence-electron chi connectivity index (χ4n) is 2.04. The van der Waals surface area contributed by atoms with E-state index in [4.69, 9.17) is 0 Å². The number of sulfonamides is 1. The summed E-state index contributed by atoms with van der Waals surface area (Å²) in [6.45, 7) is 1.38. The first-order valence-corrected chi connectivity index (χ1v) is 7.55. The van der Waals surface area contributed by atoms with Crippen LogP contribution in [0, 0.1) is 15.9 Å². The van der Waals surface area contributed by atoms with Crippen molar-refractivity contribution >= 4 is 15.7 Å². The molecule has 1 aromatic carbocycles. The number of hydrogen-bond acceptors (Lipinski definition) is 5. The minimum absolute atomic E-state index is 0.254. The molecule has 9 heteroatoms. The van der Waals surface area contributed by atoms with Gasteiger partial charge in [0.05, 0.1) is 11.0 Å². The van der Waals surface area contributed by atoms with Gasteiger partial charge in [-0.2, -0.15) is 0 Å². The lowest BCUT2D eigenvalue weighted by molar-refractivity contribution is -0.385. The van der Waals surface area contributed by atoms with E-state index in [2.05, 4.69) is 10.0 Å². The highest BCUT2D eigenvalue weighted by molar-refractivity contribution is 7.89. The van der Waals surface area contributed by atoms with Gasteiger partial charge in [0, 0.05) is 12.1 Å². The number of hydrogen-bond donors (Lipinski definition) is 2. The zero-order valence-electron chi connectivity index (χ0n) is 10.5. The Kier molecular flexibility index (Phi) is 4.31. The first kappa shape index (κ1) is 14.8. The third kappa shape index (κ3) is 3.30. The van der Waals surface area contributed by atoms with Crippen LogP contribution < -0.4 is 10.0 Å². The SMILES string of the molecule is O=[N+]([O-])c1ccc(S(=O)(=O)NC2CCNCC2)c(F)c1. The van der Waals surface area contributed by atoms with Crippen molar-refractivity contribution in [2.24, 2.45) is 0 Å². The summed E-state index contributed by atoms with van der Waals surface area (Å²) in [6, 6.07) is 2.24. The number of nitro groups is 1. The Morgan fingerprint density at radius 1 is 1.35 bits per heavy atom. The molecule has 0 radical (unpaired) electrons. The smallest absolute Gasteiger partial charge is 0.272 e. The molecule has 0 amide bonds. The molecule has 1 aliphatic rings. The molecule has 1 heterocycles. The summed E-state index contributed by atoms with van der Waals surface area (Å²) in [7, 11) is -4.01. The third-order valence-electron chi connectivity index (χ3n) is 3.08. The molecule has 0 aromatic heterocycles. The maximum atomic E-state index is 13.7. The van der Waals surface area contributed by atoms with Gasteiger partial charge in [-0.25, -0.2) is 17.5 Å². The molecule has 20 heavy (non-hydrogen) atoms. The summed E-state index contributed by atoms with van der Waals surface area (Å²) in [6.07, 6.45) is 1.24. The number of halogens is 1. The van der Waals surface area contributed by atoms with Crippen LogP contribution in [0.15, 0.2) is 23.1 Å². The molecule has 0 aliphatic carbocycles. The highest BCUT2D eigenvalue weighted by Gasteiger charge is 2.25. The van der Waals surface area contributed by atoms with Gasteiger partial charge in [0.25, 0.3) is 5.69 Å². The Hall–Kier alpha value is -1.58. The van der Waals surface area contributed by atoms with Crippen LogP contribution in [0.1, 0.15) is 12.8 Å². The molecule has 2 N–H and O–H groups in total. The van der Waals surface area contributed by atoms with Crippen molar-refractivity contribution in [1.29, 1.82) is 0 Å². The van der Waals surface area contributed by atoms with Gasteiger partial charge in [0.1, 0.15) is 10.7 Å². The summed E-state index contributed by atoms with van der Waals surface area (Å²) in [5.41, 5.74) is -0.483. The number of benzene rings is 1. The van der Waals surface area contributed by atoms with Crippen molar-refractivity contribution in [3.63, 3.8) is 0 Å². The Labute approximate surface area is 115 Å². The molecule has 1 aliphatic heterocycles. The number of piperidine rings is 1. The largest absolute Gasteiger partial charge is 0.317 e. The molecule has 1 saturated heterocycles. The quantitative estimate of drug-likeness (QED) is 0.632. The van der Waals surface area contributed by atoms with Gasteiger partial charge >= 0.3 is 0 Å². The second-order valence-corrected chi connectivity index (χ2v) is 6.20. The number of nitro benzene ring substituents is 1. The van der Waals surface area contributed by atoms with E-state index >= 15 is 0 Å². The van der Waals surface area contributed by atoms with Gasteiger partial charge in [-0.3, -0.25) is 10.1 Å². The van der Waals surface area contributed by atoms with Crippen molar-refractivity contribution < 1.29 is 17.7 Å². The summed E-state index contributed by atoms with van der Waals surface area (Å²) in [5.74, 6) is -1.12. The lowest BCUT2D eigenvalue weighted by atomic mass is 10.1. The van der Waals surface area contributed by atoms with Crippen molar-refractivity contribution in [3.05, 3.63) is 34.1 Å². The van der Waals surface area contributed by atoms with E-state index in [-0.39, 0.29) is 6.04 Å². The van der Waals surface area contributed by atoms with Crippen LogP contribution in [0.5, 0.6) is 0 Å². The predicted octanol–water partition coefficient (Wildman–Crippen LogP) is 0.764. The van der Waals surface area contributed by atoms with Crippen molar-refractivity contribution in [1.82, 2.24) is 10.0 Å². The summed E-state index contributed by atoms with van der Waals surface area (Å²) >= 11 is 0. The monoisotopic (exact) mass is 303 g/mol. The molecule has 0 saturated carbocycles. The molecule has 0 unspecified atom stereocenters. The average molecular weight is 303 g/mol. The van der Waals surface area contributed by atoms with Gasteiger partial charge in [-0.15, -0.1) is 0 Å². The Morgan fingerprint density at radius 2 is 2.00 bits per heavy atom. The van der Waals surface area contributed by atoms with E-state index < -0.39 is 31.3 Å². The average Bonchev–Trinajstić information content (AvgIpc) is 2.38. The standard InChI is InChI=1S/C11H14FN3O4S/c12-10-7-9(15(16)17)1-2-11(10)20(18,19)14-8-3-5-13-6-4-8/h1-2,7-8,13-14H,3-6H2. The van der Waals surface area contributed by atoms with E-state index in [0.29, 0.717) is 32.0 Å². The first-order chi connectivity index (χ1) is 9.40. The summed E-state index contributed by atoms with van der Waals surface area (Å²) in [5, 5.41) is 13.6. The van der Waals surface area contributed by atoms with Crippen molar-refractivity contribution in [3.8, 4) is 0 Å². The summed E-state index contributed by atoms with van der Waals surface area (Å²) in [4.78, 5) is 9.15. The second kappa shape index (κ2) is 5.81. The molecule has 2 rings (SSSR count). The Morgan fingerprint density at radius 3 is 2.55 bits per heavy atom. The molecule has 7 nitrogen and oxygen atoms in total. The maximum Gasteiger partial charge on any atom is 0.272 e. The predicted molar refractivity (Wildman–Crippen MR) is 69.3 cm³/mol. The fraction of sp³-hybridized carbons (Fsp3) is 0.455. The number of nitrogens with zero attached hydrogens (tertiary/aromatic N) is 1. The zero-order valence-corrected chi connectivity index (χ0v) is 11.3. The summed E-state index contributed by atoms with van der Waals surface area (Å²) < 4.78 is 40.3. The van der Waals surface area contributed by atoms with Crippen LogP contribution in [0.2, 0.25) is 0 Å². The van der Waals surface area contributed by atoms with Crippen LogP contribution >= 0.6 is 0 Å². The molecular formula is C11H14FN3O4S. The lowest BCUT2D eigenvalue weighted by Gasteiger charge is -2.23. The van der Waals surface area contributed by atoms with E-state index in [1.807, 2.05) is 0 Å². The van der Waals surface area contributed by atoms with Crippen LogP contribution in [0.25, 0.3) is 0 Å². The number of nitrogens with one attached hydrogen (secondary N) is 2. The Bertz CT molecular complexity index is 614. The molecule has 110 valence electrons. The van der Waals surface area contributed by atoms with Crippen LogP contribution in [0.4, 0.5) is 10.1 Å². The van der Waals surface area contributed by atoms with E-state index in [9.17, 15) is 22.9 Å². The van der Waals surface area contributed by atoms with E-state index in [1.165, 1.54) is 0 Å². The van der Waals surface area contributed by atoms with Gasteiger partial charge in [0.2, 0.25) is 10.0 Å². The van der Waals surface area contributed by atoms with E-state index in [0.717, 1.165) is 12.1 Å². The second-order valence-electron chi connectivity index (χ2n) is 4.52. The van der Waals surface area contributed by atoms with Crippen LogP contribution in [-0.4, -0.2) is 32.5 Å². The lowest BCUT2D eigenvalue weighted by Crippen LogP contribution is -2.42.